The summed E-state index contributed by atoms with van der Waals surface area (Å²) in [5.74, 6) is -0.109. The van der Waals surface area contributed by atoms with Crippen molar-refractivity contribution >= 4 is 34.1 Å². The number of rotatable bonds is 7. The van der Waals surface area contributed by atoms with Gasteiger partial charge in [-0.05, 0) is 54.4 Å². The highest BCUT2D eigenvalue weighted by atomic mass is 16.2. The summed E-state index contributed by atoms with van der Waals surface area (Å²) >= 11 is 0. The molecule has 0 aliphatic rings. The molecule has 0 saturated heterocycles. The van der Waals surface area contributed by atoms with E-state index in [1.54, 1.807) is 4.90 Å². The van der Waals surface area contributed by atoms with Crippen LogP contribution >= 0.6 is 0 Å². The van der Waals surface area contributed by atoms with E-state index in [4.69, 9.17) is 0 Å². The highest BCUT2D eigenvalue weighted by molar-refractivity contribution is 6.07. The van der Waals surface area contributed by atoms with Crippen LogP contribution in [0.5, 0.6) is 0 Å². The van der Waals surface area contributed by atoms with Gasteiger partial charge in [-0.3, -0.25) is 9.69 Å². The summed E-state index contributed by atoms with van der Waals surface area (Å²) in [5.41, 5.74) is 3.35. The minimum Gasteiger partial charge on any atom is -0.352 e. The Kier molecular flexibility index (Phi) is 7.00. The van der Waals surface area contributed by atoms with Crippen molar-refractivity contribution in [1.82, 2.24) is 5.32 Å². The first kappa shape index (κ1) is 22.1. The van der Waals surface area contributed by atoms with E-state index in [9.17, 15) is 9.59 Å². The molecule has 0 radical (unpaired) electrons. The van der Waals surface area contributed by atoms with Gasteiger partial charge >= 0.3 is 6.03 Å². The van der Waals surface area contributed by atoms with E-state index in [1.807, 2.05) is 104 Å². The van der Waals surface area contributed by atoms with Gasteiger partial charge in [-0.15, -0.1) is 0 Å². The molecule has 4 rings (SSSR count). The van der Waals surface area contributed by atoms with Crippen molar-refractivity contribution in [2.75, 3.05) is 23.3 Å². The molecule has 33 heavy (non-hydrogen) atoms. The van der Waals surface area contributed by atoms with E-state index >= 15 is 0 Å². The molecule has 5 nitrogen and oxygen atoms in total. The average Bonchev–Trinajstić information content (AvgIpc) is 2.85. The van der Waals surface area contributed by atoms with Crippen molar-refractivity contribution in [3.8, 4) is 0 Å². The maximum Gasteiger partial charge on any atom is 0.326 e. The van der Waals surface area contributed by atoms with Crippen LogP contribution in [-0.2, 0) is 0 Å². The third-order valence-corrected chi connectivity index (χ3v) is 5.49. The minimum absolute atomic E-state index is 0.109. The van der Waals surface area contributed by atoms with Gasteiger partial charge in [-0.2, -0.15) is 0 Å². The molecule has 4 aromatic rings. The Labute approximate surface area is 194 Å². The van der Waals surface area contributed by atoms with E-state index in [-0.39, 0.29) is 11.9 Å². The number of aryl methyl sites for hydroxylation is 1. The van der Waals surface area contributed by atoms with Crippen LogP contribution in [-0.4, -0.2) is 25.0 Å². The number of nitrogens with zero attached hydrogens (tertiary/aromatic N) is 1. The quantitative estimate of drug-likeness (QED) is 0.348. The Morgan fingerprint density at radius 3 is 2.27 bits per heavy atom. The second kappa shape index (κ2) is 10.5. The lowest BCUT2D eigenvalue weighted by atomic mass is 10.0. The first-order chi connectivity index (χ1) is 16.1. The van der Waals surface area contributed by atoms with Gasteiger partial charge in [0.05, 0.1) is 0 Å². The Bertz CT molecular complexity index is 1230. The highest BCUT2D eigenvalue weighted by Crippen LogP contribution is 2.19. The molecule has 0 unspecified atom stereocenters. The summed E-state index contributed by atoms with van der Waals surface area (Å²) in [6, 6.07) is 30.6. The van der Waals surface area contributed by atoms with Crippen LogP contribution in [0.1, 0.15) is 22.3 Å². The molecule has 0 aliphatic heterocycles. The molecule has 0 aliphatic carbocycles. The SMILES string of the molecule is Cc1ccc(NC(=O)N(CCCNC(=O)c2cccc3ccccc23)c2ccccc2)cc1. The van der Waals surface area contributed by atoms with Crippen molar-refractivity contribution < 1.29 is 9.59 Å². The number of urea groups is 1. The fourth-order valence-electron chi connectivity index (χ4n) is 3.74. The molecule has 2 N–H and O–H groups in total. The Morgan fingerprint density at radius 2 is 1.48 bits per heavy atom. The lowest BCUT2D eigenvalue weighted by Crippen LogP contribution is -2.37. The van der Waals surface area contributed by atoms with Crippen LogP contribution in [0.2, 0.25) is 0 Å². The van der Waals surface area contributed by atoms with E-state index in [0.717, 1.165) is 27.7 Å². The molecule has 4 aromatic carbocycles. The number of amides is 3. The normalized spacial score (nSPS) is 10.6. The van der Waals surface area contributed by atoms with Crippen molar-refractivity contribution in [3.63, 3.8) is 0 Å². The van der Waals surface area contributed by atoms with Crippen LogP contribution in [0.3, 0.4) is 0 Å². The third kappa shape index (κ3) is 5.57. The molecule has 0 saturated carbocycles. The largest absolute Gasteiger partial charge is 0.352 e. The highest BCUT2D eigenvalue weighted by Gasteiger charge is 2.16. The number of hydrogen-bond acceptors (Lipinski definition) is 2. The van der Waals surface area contributed by atoms with Gasteiger partial charge in [-0.25, -0.2) is 4.79 Å². The number of hydrogen-bond donors (Lipinski definition) is 2. The minimum atomic E-state index is -0.203. The summed E-state index contributed by atoms with van der Waals surface area (Å²) in [6.07, 6.45) is 0.618. The number of carbonyl (C=O) groups is 2. The number of anilines is 2. The smallest absolute Gasteiger partial charge is 0.326 e. The molecule has 5 heteroatoms. The molecule has 166 valence electrons. The van der Waals surface area contributed by atoms with Crippen molar-refractivity contribution in [2.24, 2.45) is 0 Å². The monoisotopic (exact) mass is 437 g/mol. The van der Waals surface area contributed by atoms with Crippen molar-refractivity contribution in [3.05, 3.63) is 108 Å². The number of benzene rings is 4. The van der Waals surface area contributed by atoms with Gasteiger partial charge in [-0.1, -0.05) is 72.3 Å². The van der Waals surface area contributed by atoms with Gasteiger partial charge in [0.2, 0.25) is 0 Å². The maximum absolute atomic E-state index is 13.0. The van der Waals surface area contributed by atoms with E-state index in [1.165, 1.54) is 0 Å². The molecule has 0 heterocycles. The zero-order valence-corrected chi connectivity index (χ0v) is 18.6. The standard InChI is InChI=1S/C28H27N3O2/c1-21-15-17-23(18-16-21)30-28(33)31(24-11-3-2-4-12-24)20-8-19-29-27(32)26-14-7-10-22-9-5-6-13-25(22)26/h2-7,9-18H,8,19-20H2,1H3,(H,29,32)(H,30,33). The Balaban J connectivity index is 1.39. The third-order valence-electron chi connectivity index (χ3n) is 5.49. The van der Waals surface area contributed by atoms with Crippen LogP contribution < -0.4 is 15.5 Å². The molecule has 0 spiro atoms. The predicted octanol–water partition coefficient (Wildman–Crippen LogP) is 6.01. The molecule has 0 fully saturated rings. The fraction of sp³-hybridized carbons (Fsp3) is 0.143. The Morgan fingerprint density at radius 1 is 0.788 bits per heavy atom. The van der Waals surface area contributed by atoms with Gasteiger partial charge in [0.25, 0.3) is 5.91 Å². The van der Waals surface area contributed by atoms with Crippen LogP contribution in [0.15, 0.2) is 97.1 Å². The number of fused-ring (bicyclic) bond motifs is 1. The second-order valence-electron chi connectivity index (χ2n) is 7.92. The average molecular weight is 438 g/mol. The molecule has 0 bridgehead atoms. The van der Waals surface area contributed by atoms with E-state index in [0.29, 0.717) is 25.1 Å². The van der Waals surface area contributed by atoms with E-state index in [2.05, 4.69) is 10.6 Å². The van der Waals surface area contributed by atoms with Gasteiger partial charge < -0.3 is 10.6 Å². The van der Waals surface area contributed by atoms with Crippen LogP contribution in [0, 0.1) is 6.92 Å². The summed E-state index contributed by atoms with van der Waals surface area (Å²) < 4.78 is 0. The number of nitrogens with one attached hydrogen (secondary N) is 2. The predicted molar refractivity (Wildman–Crippen MR) is 135 cm³/mol. The first-order valence-electron chi connectivity index (χ1n) is 11.1. The van der Waals surface area contributed by atoms with Crippen LogP contribution in [0.4, 0.5) is 16.2 Å². The summed E-state index contributed by atoms with van der Waals surface area (Å²) in [4.78, 5) is 27.5. The molecular formula is C28H27N3O2. The van der Waals surface area contributed by atoms with Gasteiger partial charge in [0.15, 0.2) is 0 Å². The second-order valence-corrected chi connectivity index (χ2v) is 7.92. The molecule has 3 amide bonds. The van der Waals surface area contributed by atoms with Crippen molar-refractivity contribution in [2.45, 2.75) is 13.3 Å². The number of para-hydroxylation sites is 1. The van der Waals surface area contributed by atoms with Gasteiger partial charge in [0.1, 0.15) is 0 Å². The van der Waals surface area contributed by atoms with Crippen molar-refractivity contribution in [1.29, 1.82) is 0 Å². The summed E-state index contributed by atoms with van der Waals surface area (Å²) in [5, 5.41) is 7.93. The lowest BCUT2D eigenvalue weighted by Gasteiger charge is -2.23. The lowest BCUT2D eigenvalue weighted by molar-refractivity contribution is 0.0955. The summed E-state index contributed by atoms with van der Waals surface area (Å²) in [6.45, 7) is 2.94. The van der Waals surface area contributed by atoms with Gasteiger partial charge in [0, 0.05) is 30.0 Å². The molecular weight excluding hydrogens is 410 g/mol. The van der Waals surface area contributed by atoms with E-state index < -0.39 is 0 Å². The fourth-order valence-corrected chi connectivity index (χ4v) is 3.74. The number of carbonyl (C=O) groups excluding carboxylic acids is 2. The zero-order valence-electron chi connectivity index (χ0n) is 18.6. The van der Waals surface area contributed by atoms with Crippen LogP contribution in [0.25, 0.3) is 10.8 Å². The summed E-state index contributed by atoms with van der Waals surface area (Å²) in [7, 11) is 0. The zero-order chi connectivity index (χ0) is 23.0. The first-order valence-corrected chi connectivity index (χ1v) is 11.1. The topological polar surface area (TPSA) is 61.4 Å². The Hall–Kier alpha value is -4.12. The molecule has 0 atom stereocenters. The maximum atomic E-state index is 13.0. The molecule has 0 aromatic heterocycles.